The maximum atomic E-state index is 12.6. The molecule has 3 rings (SSSR count). The van der Waals surface area contributed by atoms with Crippen LogP contribution in [0.5, 0.6) is 0 Å². The van der Waals surface area contributed by atoms with Gasteiger partial charge in [0.2, 0.25) is 15.9 Å². The molecule has 0 radical (unpaired) electrons. The van der Waals surface area contributed by atoms with Crippen molar-refractivity contribution in [2.75, 3.05) is 17.1 Å². The zero-order chi connectivity index (χ0) is 21.2. The molecule has 2 aromatic rings. The third-order valence-corrected chi connectivity index (χ3v) is 7.01. The maximum absolute atomic E-state index is 12.6. The predicted molar refractivity (Wildman–Crippen MR) is 118 cm³/mol. The highest BCUT2D eigenvalue weighted by atomic mass is 35.5. The van der Waals surface area contributed by atoms with Crippen LogP contribution in [0.1, 0.15) is 42.5 Å². The Morgan fingerprint density at radius 3 is 2.41 bits per heavy atom. The number of nitrogens with one attached hydrogen (secondary N) is 1. The van der Waals surface area contributed by atoms with Gasteiger partial charge in [-0.05, 0) is 67.5 Å². The fourth-order valence-corrected chi connectivity index (χ4v) is 4.70. The molecule has 8 heteroatoms. The first-order valence-corrected chi connectivity index (χ1v) is 12.1. The number of anilines is 1. The lowest BCUT2D eigenvalue weighted by atomic mass is 9.89. The van der Waals surface area contributed by atoms with Crippen molar-refractivity contribution < 1.29 is 13.2 Å². The first-order valence-electron chi connectivity index (χ1n) is 9.49. The number of hydrogen-bond donors (Lipinski definition) is 1. The van der Waals surface area contributed by atoms with Gasteiger partial charge in [-0.25, -0.2) is 8.42 Å². The van der Waals surface area contributed by atoms with E-state index in [1.54, 1.807) is 0 Å². The van der Waals surface area contributed by atoms with Crippen molar-refractivity contribution in [3.8, 4) is 0 Å². The normalized spacial score (nSPS) is 14.8. The van der Waals surface area contributed by atoms with Crippen LogP contribution in [0.15, 0.2) is 36.4 Å². The lowest BCUT2D eigenvalue weighted by molar-refractivity contribution is -0.120. The second-order valence-corrected chi connectivity index (χ2v) is 10.1. The number of fused-ring (bicyclic) bond motifs is 1. The predicted octanol–water partition coefficient (Wildman–Crippen LogP) is 4.52. The Labute approximate surface area is 182 Å². The second kappa shape index (κ2) is 8.94. The Morgan fingerprint density at radius 1 is 1.07 bits per heavy atom. The Morgan fingerprint density at radius 2 is 1.76 bits per heavy atom. The van der Waals surface area contributed by atoms with Crippen molar-refractivity contribution in [2.24, 2.45) is 0 Å². The molecule has 0 aliphatic heterocycles. The Kier molecular flexibility index (Phi) is 6.76. The molecule has 0 fully saturated rings. The summed E-state index contributed by atoms with van der Waals surface area (Å²) in [5.41, 5.74) is 4.02. The molecule has 1 N–H and O–H groups in total. The second-order valence-electron chi connectivity index (χ2n) is 7.39. The minimum Gasteiger partial charge on any atom is -0.348 e. The van der Waals surface area contributed by atoms with Crippen molar-refractivity contribution in [2.45, 2.75) is 38.6 Å². The van der Waals surface area contributed by atoms with E-state index in [0.717, 1.165) is 29.0 Å². The largest absolute Gasteiger partial charge is 0.348 e. The summed E-state index contributed by atoms with van der Waals surface area (Å²) in [6.45, 7) is 1.55. The molecular weight excluding hydrogens is 431 g/mol. The molecule has 0 saturated carbocycles. The molecule has 0 bridgehead atoms. The number of carbonyl (C=O) groups excluding carboxylic acids is 1. The van der Waals surface area contributed by atoms with Crippen LogP contribution in [0.2, 0.25) is 10.0 Å². The zero-order valence-corrected chi connectivity index (χ0v) is 18.7. The number of nitrogens with zero attached hydrogens (tertiary/aromatic N) is 1. The minimum atomic E-state index is -3.68. The summed E-state index contributed by atoms with van der Waals surface area (Å²) in [6.07, 6.45) is 5.61. The SMILES string of the molecule is C[C@@H](NC(=O)CN(c1ccc(Cl)c(Cl)c1)S(C)(=O)=O)c1ccc2c(c1)CCCC2. The Bertz CT molecular complexity index is 1020. The number of halogens is 2. The molecule has 29 heavy (non-hydrogen) atoms. The number of rotatable bonds is 6. The fourth-order valence-electron chi connectivity index (χ4n) is 3.56. The number of carbonyl (C=O) groups is 1. The molecule has 1 atom stereocenters. The van der Waals surface area contributed by atoms with E-state index in [1.807, 2.05) is 13.0 Å². The molecular formula is C21H24Cl2N2O3S. The van der Waals surface area contributed by atoms with E-state index >= 15 is 0 Å². The summed E-state index contributed by atoms with van der Waals surface area (Å²) in [4.78, 5) is 12.6. The highest BCUT2D eigenvalue weighted by molar-refractivity contribution is 7.92. The Balaban J connectivity index is 1.74. The van der Waals surface area contributed by atoms with Crippen LogP contribution < -0.4 is 9.62 Å². The maximum Gasteiger partial charge on any atom is 0.241 e. The smallest absolute Gasteiger partial charge is 0.241 e. The van der Waals surface area contributed by atoms with Crippen LogP contribution in [0.4, 0.5) is 5.69 Å². The van der Waals surface area contributed by atoms with Gasteiger partial charge in [-0.2, -0.15) is 0 Å². The molecule has 0 unspecified atom stereocenters. The van der Waals surface area contributed by atoms with E-state index in [1.165, 1.54) is 42.2 Å². The summed E-state index contributed by atoms with van der Waals surface area (Å²) in [6, 6.07) is 10.5. The van der Waals surface area contributed by atoms with E-state index in [9.17, 15) is 13.2 Å². The van der Waals surface area contributed by atoms with E-state index in [2.05, 4.69) is 17.4 Å². The highest BCUT2D eigenvalue weighted by Gasteiger charge is 2.23. The van der Waals surface area contributed by atoms with Gasteiger partial charge in [0.05, 0.1) is 28.0 Å². The topological polar surface area (TPSA) is 66.5 Å². The number of sulfonamides is 1. The number of aryl methyl sites for hydroxylation is 2. The summed E-state index contributed by atoms with van der Waals surface area (Å²) >= 11 is 11.9. The van der Waals surface area contributed by atoms with Crippen molar-refractivity contribution in [3.63, 3.8) is 0 Å². The van der Waals surface area contributed by atoms with E-state index in [4.69, 9.17) is 23.2 Å². The molecule has 1 aliphatic carbocycles. The van der Waals surface area contributed by atoms with Crippen LogP contribution in [0.25, 0.3) is 0 Å². The van der Waals surface area contributed by atoms with Gasteiger partial charge in [-0.3, -0.25) is 9.10 Å². The summed E-state index contributed by atoms with van der Waals surface area (Å²) in [7, 11) is -3.68. The number of hydrogen-bond acceptors (Lipinski definition) is 3. The molecule has 5 nitrogen and oxygen atoms in total. The van der Waals surface area contributed by atoms with Crippen molar-refractivity contribution in [1.29, 1.82) is 0 Å². The average molecular weight is 455 g/mol. The first kappa shape index (κ1) is 21.9. The average Bonchev–Trinajstić information content (AvgIpc) is 2.67. The van der Waals surface area contributed by atoms with Gasteiger partial charge in [0.25, 0.3) is 0 Å². The van der Waals surface area contributed by atoms with Gasteiger partial charge < -0.3 is 5.32 Å². The van der Waals surface area contributed by atoms with E-state index in [0.29, 0.717) is 10.7 Å². The summed E-state index contributed by atoms with van der Waals surface area (Å²) in [5, 5.41) is 3.43. The highest BCUT2D eigenvalue weighted by Crippen LogP contribution is 2.28. The summed E-state index contributed by atoms with van der Waals surface area (Å²) < 4.78 is 25.5. The third-order valence-electron chi connectivity index (χ3n) is 5.13. The molecule has 2 aromatic carbocycles. The molecule has 0 spiro atoms. The fraction of sp³-hybridized carbons (Fsp3) is 0.381. The number of benzene rings is 2. The lowest BCUT2D eigenvalue weighted by Crippen LogP contribution is -2.41. The standard InChI is InChI=1S/C21H24Cl2N2O3S/c1-14(16-8-7-15-5-3-4-6-17(15)11-16)24-21(26)13-25(29(2,27)28)18-9-10-19(22)20(23)12-18/h7-12,14H,3-6,13H2,1-2H3,(H,24,26)/t14-/m1/s1. The molecule has 0 aromatic heterocycles. The molecule has 0 heterocycles. The molecule has 0 saturated heterocycles. The van der Waals surface area contributed by atoms with Gasteiger partial charge in [0, 0.05) is 0 Å². The molecule has 156 valence electrons. The quantitative estimate of drug-likeness (QED) is 0.697. The van der Waals surface area contributed by atoms with Crippen LogP contribution in [0, 0.1) is 0 Å². The van der Waals surface area contributed by atoms with Crippen molar-refractivity contribution in [3.05, 3.63) is 63.1 Å². The number of amides is 1. The minimum absolute atomic E-state index is 0.223. The first-order chi connectivity index (χ1) is 13.6. The lowest BCUT2D eigenvalue weighted by Gasteiger charge is -2.24. The molecule has 1 aliphatic rings. The van der Waals surface area contributed by atoms with Crippen LogP contribution >= 0.6 is 23.2 Å². The summed E-state index contributed by atoms with van der Waals surface area (Å²) in [5.74, 6) is -0.397. The van der Waals surface area contributed by atoms with Crippen molar-refractivity contribution in [1.82, 2.24) is 5.32 Å². The van der Waals surface area contributed by atoms with Gasteiger partial charge in [-0.1, -0.05) is 41.4 Å². The van der Waals surface area contributed by atoms with Crippen LogP contribution in [0.3, 0.4) is 0 Å². The van der Waals surface area contributed by atoms with Crippen LogP contribution in [-0.2, 0) is 27.7 Å². The third kappa shape index (κ3) is 5.44. The zero-order valence-electron chi connectivity index (χ0n) is 16.4. The molecule has 1 amide bonds. The monoisotopic (exact) mass is 454 g/mol. The van der Waals surface area contributed by atoms with Crippen molar-refractivity contribution >= 4 is 44.8 Å². The van der Waals surface area contributed by atoms with Gasteiger partial charge in [-0.15, -0.1) is 0 Å². The Hall–Kier alpha value is -1.76. The van der Waals surface area contributed by atoms with Gasteiger partial charge >= 0.3 is 0 Å². The van der Waals surface area contributed by atoms with Gasteiger partial charge in [0.1, 0.15) is 6.54 Å². The van der Waals surface area contributed by atoms with Crippen LogP contribution in [-0.4, -0.2) is 27.1 Å². The van der Waals surface area contributed by atoms with E-state index in [-0.39, 0.29) is 17.6 Å². The van der Waals surface area contributed by atoms with Gasteiger partial charge in [0.15, 0.2) is 0 Å². The van der Waals surface area contributed by atoms with E-state index < -0.39 is 15.9 Å².